The Morgan fingerprint density at radius 1 is 1.36 bits per heavy atom. The van der Waals surface area contributed by atoms with Crippen LogP contribution in [0, 0.1) is 19.8 Å². The predicted octanol–water partition coefficient (Wildman–Crippen LogP) is 1.83. The monoisotopic (exact) mass is 319 g/mol. The highest BCUT2D eigenvalue weighted by molar-refractivity contribution is 7.07. The molecule has 0 fully saturated rings. The largest absolute Gasteiger partial charge is 0.481 e. The van der Waals surface area contributed by atoms with Crippen molar-refractivity contribution in [3.63, 3.8) is 0 Å². The van der Waals surface area contributed by atoms with Gasteiger partial charge in [-0.25, -0.2) is 0 Å². The molecule has 2 N–H and O–H groups in total. The maximum absolute atomic E-state index is 12.0. The average molecular weight is 319 g/mol. The van der Waals surface area contributed by atoms with Gasteiger partial charge in [0.05, 0.1) is 11.6 Å². The second kappa shape index (κ2) is 7.13. The van der Waals surface area contributed by atoms with E-state index in [9.17, 15) is 14.7 Å². The molecule has 0 radical (unpaired) electrons. The van der Waals surface area contributed by atoms with Gasteiger partial charge in [0.15, 0.2) is 0 Å². The van der Waals surface area contributed by atoms with E-state index in [0.717, 1.165) is 22.7 Å². The topological polar surface area (TPSA) is 92.2 Å². The molecular formula is C15H17N3O3S. The summed E-state index contributed by atoms with van der Waals surface area (Å²) in [6, 6.07) is 7.70. The van der Waals surface area contributed by atoms with E-state index >= 15 is 0 Å². The molecule has 0 bridgehead atoms. The summed E-state index contributed by atoms with van der Waals surface area (Å²) in [7, 11) is 0. The first-order valence-corrected chi connectivity index (χ1v) is 7.60. The van der Waals surface area contributed by atoms with Crippen molar-refractivity contribution in [3.05, 3.63) is 46.0 Å². The molecule has 0 saturated heterocycles. The number of rotatable bonds is 6. The number of aryl methyl sites for hydroxylation is 2. The Labute approximate surface area is 132 Å². The SMILES string of the molecule is Cc1cccc(CC(CNC(=O)c2snnc2C)C(=O)O)c1. The van der Waals surface area contributed by atoms with Crippen LogP contribution in [0.3, 0.4) is 0 Å². The highest BCUT2D eigenvalue weighted by Crippen LogP contribution is 2.12. The molecule has 0 aliphatic rings. The van der Waals surface area contributed by atoms with Crippen molar-refractivity contribution in [2.45, 2.75) is 20.3 Å². The van der Waals surface area contributed by atoms with E-state index in [0.29, 0.717) is 17.0 Å². The van der Waals surface area contributed by atoms with E-state index in [1.807, 2.05) is 31.2 Å². The first kappa shape index (κ1) is 16.1. The van der Waals surface area contributed by atoms with Gasteiger partial charge in [0, 0.05) is 6.54 Å². The fraction of sp³-hybridized carbons (Fsp3) is 0.333. The maximum atomic E-state index is 12.0. The molecule has 1 unspecified atom stereocenters. The van der Waals surface area contributed by atoms with E-state index in [4.69, 9.17) is 0 Å². The number of nitrogens with zero attached hydrogens (tertiary/aromatic N) is 2. The van der Waals surface area contributed by atoms with Crippen molar-refractivity contribution in [2.24, 2.45) is 5.92 Å². The molecule has 0 spiro atoms. The van der Waals surface area contributed by atoms with Crippen LogP contribution in [0.2, 0.25) is 0 Å². The third-order valence-corrected chi connectivity index (χ3v) is 4.11. The van der Waals surface area contributed by atoms with Crippen LogP contribution in [-0.2, 0) is 11.2 Å². The van der Waals surface area contributed by atoms with Gasteiger partial charge in [0.2, 0.25) is 0 Å². The minimum Gasteiger partial charge on any atom is -0.481 e. The number of hydrogen-bond acceptors (Lipinski definition) is 5. The molecule has 1 heterocycles. The molecule has 0 saturated carbocycles. The Morgan fingerprint density at radius 2 is 2.14 bits per heavy atom. The van der Waals surface area contributed by atoms with Crippen molar-refractivity contribution in [3.8, 4) is 0 Å². The van der Waals surface area contributed by atoms with Gasteiger partial charge in [-0.15, -0.1) is 5.10 Å². The number of carboxylic acid groups (broad SMARTS) is 1. The lowest BCUT2D eigenvalue weighted by atomic mass is 9.98. The summed E-state index contributed by atoms with van der Waals surface area (Å²) >= 11 is 1.00. The van der Waals surface area contributed by atoms with Crippen LogP contribution in [0.1, 0.15) is 26.5 Å². The third kappa shape index (κ3) is 4.11. The summed E-state index contributed by atoms with van der Waals surface area (Å²) in [6.45, 7) is 3.72. The fourth-order valence-electron chi connectivity index (χ4n) is 2.11. The van der Waals surface area contributed by atoms with Crippen LogP contribution in [0.25, 0.3) is 0 Å². The van der Waals surface area contributed by atoms with E-state index in [2.05, 4.69) is 14.9 Å². The molecule has 7 heteroatoms. The summed E-state index contributed by atoms with van der Waals surface area (Å²) in [5.74, 6) is -1.93. The standard InChI is InChI=1S/C15H17N3O3S/c1-9-4-3-5-11(6-9)7-12(15(20)21)8-16-14(19)13-10(2)17-18-22-13/h3-6,12H,7-8H2,1-2H3,(H,16,19)(H,20,21). The number of carboxylic acids is 1. The molecule has 116 valence electrons. The Morgan fingerprint density at radius 3 is 2.73 bits per heavy atom. The van der Waals surface area contributed by atoms with E-state index in [1.54, 1.807) is 6.92 Å². The fourth-order valence-corrected chi connectivity index (χ4v) is 2.68. The first-order valence-electron chi connectivity index (χ1n) is 6.83. The van der Waals surface area contributed by atoms with Gasteiger partial charge in [-0.05, 0) is 37.4 Å². The number of aromatic nitrogens is 2. The van der Waals surface area contributed by atoms with Gasteiger partial charge in [-0.1, -0.05) is 34.3 Å². The molecule has 0 aliphatic heterocycles. The molecule has 22 heavy (non-hydrogen) atoms. The number of benzene rings is 1. The molecule has 1 atom stereocenters. The summed E-state index contributed by atoms with van der Waals surface area (Å²) in [6.07, 6.45) is 0.372. The summed E-state index contributed by atoms with van der Waals surface area (Å²) < 4.78 is 3.70. The highest BCUT2D eigenvalue weighted by Gasteiger charge is 2.21. The Kier molecular flexibility index (Phi) is 5.21. The number of carbonyl (C=O) groups is 2. The van der Waals surface area contributed by atoms with Gasteiger partial charge in [0.1, 0.15) is 4.88 Å². The Hall–Kier alpha value is -2.28. The maximum Gasteiger partial charge on any atom is 0.308 e. The normalized spacial score (nSPS) is 11.9. The van der Waals surface area contributed by atoms with Crippen LogP contribution in [0.4, 0.5) is 0 Å². The van der Waals surface area contributed by atoms with Gasteiger partial charge in [-0.3, -0.25) is 9.59 Å². The zero-order chi connectivity index (χ0) is 16.1. The number of hydrogen-bond donors (Lipinski definition) is 2. The van der Waals surface area contributed by atoms with Crippen LogP contribution >= 0.6 is 11.5 Å². The van der Waals surface area contributed by atoms with Gasteiger partial charge in [-0.2, -0.15) is 0 Å². The van der Waals surface area contributed by atoms with Gasteiger partial charge < -0.3 is 10.4 Å². The van der Waals surface area contributed by atoms with Crippen molar-refractivity contribution >= 4 is 23.4 Å². The molecule has 1 aromatic carbocycles. The van der Waals surface area contributed by atoms with Crippen molar-refractivity contribution < 1.29 is 14.7 Å². The second-order valence-corrected chi connectivity index (χ2v) is 5.88. The van der Waals surface area contributed by atoms with Crippen molar-refractivity contribution in [1.29, 1.82) is 0 Å². The molecule has 0 aliphatic carbocycles. The predicted molar refractivity (Wildman–Crippen MR) is 83.0 cm³/mol. The van der Waals surface area contributed by atoms with Crippen molar-refractivity contribution in [1.82, 2.24) is 14.9 Å². The number of aliphatic carboxylic acids is 1. The lowest BCUT2D eigenvalue weighted by Gasteiger charge is -2.13. The summed E-state index contributed by atoms with van der Waals surface area (Å²) in [4.78, 5) is 23.8. The molecule has 1 aromatic heterocycles. The van der Waals surface area contributed by atoms with E-state index in [1.165, 1.54) is 0 Å². The van der Waals surface area contributed by atoms with Crippen LogP contribution in [0.5, 0.6) is 0 Å². The first-order chi connectivity index (χ1) is 10.5. The Balaban J connectivity index is 1.99. The average Bonchev–Trinajstić information content (AvgIpc) is 2.89. The van der Waals surface area contributed by atoms with Crippen LogP contribution < -0.4 is 5.32 Å². The van der Waals surface area contributed by atoms with Gasteiger partial charge in [0.25, 0.3) is 5.91 Å². The lowest BCUT2D eigenvalue weighted by molar-refractivity contribution is -0.141. The highest BCUT2D eigenvalue weighted by atomic mass is 32.1. The Bertz CT molecular complexity index is 684. The zero-order valence-corrected chi connectivity index (χ0v) is 13.2. The van der Waals surface area contributed by atoms with Crippen molar-refractivity contribution in [2.75, 3.05) is 6.54 Å². The number of carbonyl (C=O) groups excluding carboxylic acids is 1. The smallest absolute Gasteiger partial charge is 0.308 e. The third-order valence-electron chi connectivity index (χ3n) is 3.28. The van der Waals surface area contributed by atoms with E-state index < -0.39 is 11.9 Å². The van der Waals surface area contributed by atoms with Crippen LogP contribution in [-0.4, -0.2) is 33.1 Å². The molecule has 2 rings (SSSR count). The zero-order valence-electron chi connectivity index (χ0n) is 12.4. The lowest BCUT2D eigenvalue weighted by Crippen LogP contribution is -2.34. The van der Waals surface area contributed by atoms with Gasteiger partial charge >= 0.3 is 5.97 Å². The van der Waals surface area contributed by atoms with E-state index in [-0.39, 0.29) is 12.5 Å². The minimum absolute atomic E-state index is 0.0689. The second-order valence-electron chi connectivity index (χ2n) is 5.13. The summed E-state index contributed by atoms with van der Waals surface area (Å²) in [5, 5.41) is 15.8. The summed E-state index contributed by atoms with van der Waals surface area (Å²) in [5.41, 5.74) is 2.57. The quantitative estimate of drug-likeness (QED) is 0.847. The molecular weight excluding hydrogens is 302 g/mol. The number of nitrogens with one attached hydrogen (secondary N) is 1. The van der Waals surface area contributed by atoms with Crippen LogP contribution in [0.15, 0.2) is 24.3 Å². The molecule has 2 aromatic rings. The molecule has 1 amide bonds. The number of amides is 1. The minimum atomic E-state index is -0.930. The molecule has 6 nitrogen and oxygen atoms in total.